The van der Waals surface area contributed by atoms with Crippen LogP contribution in [0.1, 0.15) is 11.1 Å². The fraction of sp³-hybridized carbons (Fsp3) is 0.222. The minimum absolute atomic E-state index is 0.466. The van der Waals surface area contributed by atoms with E-state index in [4.69, 9.17) is 11.6 Å². The molecule has 0 heterocycles. The number of nitrogens with one attached hydrogen (secondary N) is 1. The van der Waals surface area contributed by atoms with Crippen molar-refractivity contribution in [2.75, 3.05) is 0 Å². The molecule has 0 aliphatic carbocycles. The maximum absolute atomic E-state index is 10.5. The summed E-state index contributed by atoms with van der Waals surface area (Å²) in [5.74, 6) is 0. The van der Waals surface area contributed by atoms with Gasteiger partial charge in [0, 0.05) is 11.0 Å². The van der Waals surface area contributed by atoms with Crippen molar-refractivity contribution in [2.24, 2.45) is 0 Å². The number of rotatable bonds is 2. The highest BCUT2D eigenvalue weighted by atomic mass is 79.9. The zero-order chi connectivity index (χ0) is 9.84. The van der Waals surface area contributed by atoms with E-state index in [9.17, 15) is 4.79 Å². The summed E-state index contributed by atoms with van der Waals surface area (Å²) in [6.45, 7) is 2.45. The minimum Gasteiger partial charge on any atom is -0.339 e. The van der Waals surface area contributed by atoms with E-state index in [0.29, 0.717) is 6.54 Å². The average Bonchev–Trinajstić information content (AvgIpc) is 2.06. The second-order valence-electron chi connectivity index (χ2n) is 2.70. The summed E-state index contributed by atoms with van der Waals surface area (Å²) in [5.41, 5.74) is 2.19. The number of aryl methyl sites for hydroxylation is 1. The Kier molecular flexibility index (Phi) is 3.75. The zero-order valence-electron chi connectivity index (χ0n) is 7.10. The Morgan fingerprint density at radius 2 is 2.31 bits per heavy atom. The molecule has 0 aliphatic heterocycles. The lowest BCUT2D eigenvalue weighted by Gasteiger charge is -2.05. The first-order valence-corrected chi connectivity index (χ1v) is 4.95. The largest absolute Gasteiger partial charge is 0.339 e. The molecule has 1 aromatic rings. The van der Waals surface area contributed by atoms with Gasteiger partial charge in [-0.15, -0.1) is 0 Å². The van der Waals surface area contributed by atoms with Gasteiger partial charge < -0.3 is 5.32 Å². The van der Waals surface area contributed by atoms with E-state index in [-0.39, 0.29) is 0 Å². The molecule has 0 unspecified atom stereocenters. The fourth-order valence-corrected chi connectivity index (χ4v) is 1.47. The second kappa shape index (κ2) is 4.63. The van der Waals surface area contributed by atoms with Gasteiger partial charge in [-0.1, -0.05) is 22.0 Å². The van der Waals surface area contributed by atoms with E-state index in [1.165, 1.54) is 0 Å². The first kappa shape index (κ1) is 10.5. The molecule has 0 atom stereocenters. The van der Waals surface area contributed by atoms with E-state index < -0.39 is 5.37 Å². The number of amides is 1. The molecule has 13 heavy (non-hydrogen) atoms. The maximum Gasteiger partial charge on any atom is 0.314 e. The molecular formula is C9H9BrClNO. The number of carbonyl (C=O) groups is 1. The Morgan fingerprint density at radius 1 is 1.62 bits per heavy atom. The van der Waals surface area contributed by atoms with Gasteiger partial charge in [-0.3, -0.25) is 4.79 Å². The van der Waals surface area contributed by atoms with E-state index in [1.54, 1.807) is 0 Å². The van der Waals surface area contributed by atoms with Crippen LogP contribution in [0.25, 0.3) is 0 Å². The highest BCUT2D eigenvalue weighted by Crippen LogP contribution is 2.15. The Morgan fingerprint density at radius 3 is 2.92 bits per heavy atom. The Hall–Kier alpha value is -0.540. The molecule has 70 valence electrons. The first-order valence-electron chi connectivity index (χ1n) is 3.78. The SMILES string of the molecule is Cc1ccc(Br)cc1CNC(=O)Cl. The highest BCUT2D eigenvalue weighted by Gasteiger charge is 2.00. The predicted molar refractivity (Wildman–Crippen MR) is 57.0 cm³/mol. The Balaban J connectivity index is 2.75. The van der Waals surface area contributed by atoms with Crippen molar-refractivity contribution in [3.63, 3.8) is 0 Å². The summed E-state index contributed by atoms with van der Waals surface area (Å²) in [6, 6.07) is 5.91. The molecule has 1 aromatic carbocycles. The normalized spacial score (nSPS) is 9.77. The summed E-state index contributed by atoms with van der Waals surface area (Å²) < 4.78 is 0.997. The van der Waals surface area contributed by atoms with Gasteiger partial charge in [0.15, 0.2) is 0 Å². The van der Waals surface area contributed by atoms with Crippen molar-refractivity contribution in [3.05, 3.63) is 33.8 Å². The van der Waals surface area contributed by atoms with E-state index in [2.05, 4.69) is 21.2 Å². The number of benzene rings is 1. The highest BCUT2D eigenvalue weighted by molar-refractivity contribution is 9.10. The van der Waals surface area contributed by atoms with E-state index in [1.807, 2.05) is 25.1 Å². The third-order valence-corrected chi connectivity index (χ3v) is 2.36. The molecule has 1 amide bonds. The van der Waals surface area contributed by atoms with E-state index in [0.717, 1.165) is 15.6 Å². The molecular weight excluding hydrogens is 253 g/mol. The van der Waals surface area contributed by atoms with Crippen molar-refractivity contribution in [1.82, 2.24) is 5.32 Å². The lowest BCUT2D eigenvalue weighted by atomic mass is 10.1. The van der Waals surface area contributed by atoms with Crippen molar-refractivity contribution in [2.45, 2.75) is 13.5 Å². The Labute approximate surface area is 90.4 Å². The predicted octanol–water partition coefficient (Wildman–Crippen LogP) is 3.21. The van der Waals surface area contributed by atoms with Gasteiger partial charge in [0.05, 0.1) is 0 Å². The summed E-state index contributed by atoms with van der Waals surface area (Å²) in [7, 11) is 0. The lowest BCUT2D eigenvalue weighted by Crippen LogP contribution is -2.16. The zero-order valence-corrected chi connectivity index (χ0v) is 9.45. The van der Waals surface area contributed by atoms with Gasteiger partial charge in [-0.2, -0.15) is 0 Å². The number of halogens is 2. The third-order valence-electron chi connectivity index (χ3n) is 1.73. The van der Waals surface area contributed by atoms with Crippen LogP contribution >= 0.6 is 27.5 Å². The van der Waals surface area contributed by atoms with Crippen LogP contribution < -0.4 is 5.32 Å². The second-order valence-corrected chi connectivity index (χ2v) is 3.96. The maximum atomic E-state index is 10.5. The monoisotopic (exact) mass is 261 g/mol. The first-order chi connectivity index (χ1) is 6.09. The molecule has 0 spiro atoms. The van der Waals surface area contributed by atoms with Crippen molar-refractivity contribution < 1.29 is 4.79 Å². The van der Waals surface area contributed by atoms with Gasteiger partial charge in [0.25, 0.3) is 0 Å². The van der Waals surface area contributed by atoms with Crippen LogP contribution in [-0.4, -0.2) is 5.37 Å². The molecule has 0 aromatic heterocycles. The molecule has 0 saturated heterocycles. The molecule has 0 radical (unpaired) electrons. The molecule has 0 saturated carbocycles. The molecule has 0 fully saturated rings. The summed E-state index contributed by atoms with van der Waals surface area (Å²) in [4.78, 5) is 10.5. The quantitative estimate of drug-likeness (QED) is 0.643. The molecule has 0 aliphatic rings. The van der Waals surface area contributed by atoms with Crippen LogP contribution in [0, 0.1) is 6.92 Å². The smallest absolute Gasteiger partial charge is 0.314 e. The average molecular weight is 263 g/mol. The van der Waals surface area contributed by atoms with Crippen LogP contribution in [0.2, 0.25) is 0 Å². The standard InChI is InChI=1S/C9H9BrClNO/c1-6-2-3-8(10)4-7(6)5-12-9(11)13/h2-4H,5H2,1H3,(H,12,13). The molecule has 0 bridgehead atoms. The van der Waals surface area contributed by atoms with Crippen LogP contribution in [0.3, 0.4) is 0 Å². The van der Waals surface area contributed by atoms with Gasteiger partial charge >= 0.3 is 5.37 Å². The van der Waals surface area contributed by atoms with Crippen molar-refractivity contribution >= 4 is 32.9 Å². The Bertz CT molecular complexity index is 327. The van der Waals surface area contributed by atoms with Gasteiger partial charge in [0.2, 0.25) is 0 Å². The lowest BCUT2D eigenvalue weighted by molar-refractivity contribution is 0.259. The van der Waals surface area contributed by atoms with E-state index >= 15 is 0 Å². The van der Waals surface area contributed by atoms with Crippen LogP contribution in [0.15, 0.2) is 22.7 Å². The molecule has 4 heteroatoms. The molecule has 1 rings (SSSR count). The summed E-state index contributed by atoms with van der Waals surface area (Å²) >= 11 is 8.52. The van der Waals surface area contributed by atoms with Crippen molar-refractivity contribution in [3.8, 4) is 0 Å². The number of hydrogen-bond donors (Lipinski definition) is 1. The number of hydrogen-bond acceptors (Lipinski definition) is 1. The summed E-state index contributed by atoms with van der Waals surface area (Å²) in [6.07, 6.45) is 0. The molecule has 2 nitrogen and oxygen atoms in total. The topological polar surface area (TPSA) is 29.1 Å². The van der Waals surface area contributed by atoms with Gasteiger partial charge in [-0.25, -0.2) is 0 Å². The van der Waals surface area contributed by atoms with Gasteiger partial charge in [-0.05, 0) is 41.8 Å². The number of carbonyl (C=O) groups excluding carboxylic acids is 1. The van der Waals surface area contributed by atoms with Gasteiger partial charge in [0.1, 0.15) is 0 Å². The minimum atomic E-state index is -0.528. The summed E-state index contributed by atoms with van der Waals surface area (Å²) in [5, 5.41) is 2.01. The third kappa shape index (κ3) is 3.36. The van der Waals surface area contributed by atoms with Crippen LogP contribution in [-0.2, 0) is 6.54 Å². The fourth-order valence-electron chi connectivity index (χ4n) is 0.995. The van der Waals surface area contributed by atoms with Crippen LogP contribution in [0.4, 0.5) is 4.79 Å². The van der Waals surface area contributed by atoms with Crippen molar-refractivity contribution in [1.29, 1.82) is 0 Å². The van der Waals surface area contributed by atoms with Crippen LogP contribution in [0.5, 0.6) is 0 Å². The molecule has 1 N–H and O–H groups in total.